The number of aromatic amines is 1. The van der Waals surface area contributed by atoms with E-state index in [0.717, 1.165) is 86.8 Å². The van der Waals surface area contributed by atoms with Crippen molar-refractivity contribution in [1.29, 1.82) is 0 Å². The van der Waals surface area contributed by atoms with Crippen LogP contribution in [0.15, 0.2) is 132 Å². The highest BCUT2D eigenvalue weighted by atomic mass is 16.5. The van der Waals surface area contributed by atoms with Crippen LogP contribution in [0, 0.1) is 13.8 Å². The Morgan fingerprint density at radius 2 is 1.02 bits per heavy atom. The van der Waals surface area contributed by atoms with Crippen molar-refractivity contribution < 1.29 is 9.53 Å². The molecule has 15 rings (SSSR count). The van der Waals surface area contributed by atoms with Crippen molar-refractivity contribution in [2.75, 3.05) is 23.4 Å². The third-order valence-corrected chi connectivity index (χ3v) is 16.2. The molecule has 6 N–H and O–H groups in total. The first kappa shape index (κ1) is 73.9. The molecule has 0 saturated carbocycles. The first-order valence-electron chi connectivity index (χ1n) is 34.2. The maximum atomic E-state index is 11.5. The Bertz CT molecular complexity index is 4930. The van der Waals surface area contributed by atoms with Gasteiger partial charge in [0.15, 0.2) is 56.7 Å². The number of hydrogen-bond acceptors (Lipinski definition) is 20. The lowest BCUT2D eigenvalue weighted by molar-refractivity contribution is 0.0996. The van der Waals surface area contributed by atoms with E-state index in [1.165, 1.54) is 5.56 Å². The molecule has 0 amide bonds. The van der Waals surface area contributed by atoms with Gasteiger partial charge in [0.1, 0.15) is 28.3 Å². The minimum Gasteiger partial charge on any atom is -0.476 e. The molecule has 0 atom stereocenters. The van der Waals surface area contributed by atoms with Gasteiger partial charge >= 0.3 is 0 Å². The van der Waals surface area contributed by atoms with E-state index in [-0.39, 0.29) is 17.4 Å². The number of anilines is 3. The molecule has 0 fully saturated rings. The zero-order valence-electron chi connectivity index (χ0n) is 61.0. The number of ether oxygens (including phenoxy) is 1. The molecule has 2 aliphatic rings. The minimum atomic E-state index is -0.174. The van der Waals surface area contributed by atoms with Crippen molar-refractivity contribution in [3.05, 3.63) is 156 Å². The second-order valence-electron chi connectivity index (χ2n) is 26.1. The second-order valence-corrected chi connectivity index (χ2v) is 26.1. The first-order chi connectivity index (χ1) is 48.4. The third-order valence-electron chi connectivity index (χ3n) is 16.2. The fourth-order valence-electron chi connectivity index (χ4n) is 10.9. The normalized spacial score (nSPS) is 12.3. The molecule has 1 aromatic carbocycles. The summed E-state index contributed by atoms with van der Waals surface area (Å²) < 4.78 is 19.6. The number of H-pyrrole nitrogens is 1. The van der Waals surface area contributed by atoms with Gasteiger partial charge in [-0.3, -0.25) is 9.59 Å². The van der Waals surface area contributed by atoms with Gasteiger partial charge in [-0.1, -0.05) is 30.3 Å². The Hall–Kier alpha value is -11.3. The number of aliphatic imine (C=N–C) groups is 2. The molecule has 28 heteroatoms. The number of imidazole rings is 6. The number of hydrogen-bond donors (Lipinski definition) is 4. The van der Waals surface area contributed by atoms with Crippen LogP contribution in [0.3, 0.4) is 0 Å². The summed E-state index contributed by atoms with van der Waals surface area (Å²) in [5, 5.41) is 4.48. The lowest BCUT2D eigenvalue weighted by Crippen LogP contribution is -2.11. The number of nitrogens with one attached hydrogen (secondary N) is 2. The van der Waals surface area contributed by atoms with Crippen LogP contribution < -0.4 is 27.1 Å². The number of rotatable bonds is 12. The van der Waals surface area contributed by atoms with Crippen LogP contribution >= 0.6 is 0 Å². The molecular weight excluding hydrogens is 1270 g/mol. The highest BCUT2D eigenvalue weighted by molar-refractivity contribution is 6.08. The standard InChI is InChI=1S/C16H18N4.C11H16N4O.C10H13N3.C9H12N4O.C9H12N4.C9H11N3O.C9H13N3/c1-12(2)20-11-19-15-14(8-9-17-16(15)20)18-10-13-6-4-3-5-7-13;1-5-16-11-9-10(13-8(4)14-11)15(6-12-9)7(2)3;1-7(2)13-6-4-8-9(11)3-5-12-10(8)13;1-5(2)13-4-10-7-8(13)11-6(3)12-9(7)14;1-6(2)13-5-12-8-7(10)3-4-11-9(8)13;1-6(2)12-5-11-8-7(13)3-4-10-9(8)12;1-7(2)12-6-11-8-4-3-5-10-9(8)12/h3-9,11-12H,10H2,1-2H3,(H,17,18);6-7H,5H2,1-4H3;3-7H,1-2H3,(H2,11,12);4-5H,1-3H3,(H,11,12,14);3-6H,1-2H3,(H2,10,11);4-6H,3H2,1-2H3;5-7H,3-4H2,1-2H3. The van der Waals surface area contributed by atoms with E-state index in [1.807, 2.05) is 127 Å². The average Bonchev–Trinajstić information content (AvgIpc) is 1.68. The molecule has 0 unspecified atom stereocenters. The smallest absolute Gasteiger partial charge is 0.279 e. The summed E-state index contributed by atoms with van der Waals surface area (Å²) in [5.74, 6) is 3.71. The number of nitrogens with two attached hydrogens (primary N) is 2. The maximum Gasteiger partial charge on any atom is 0.279 e. The minimum absolute atomic E-state index is 0.0596. The molecule has 0 spiro atoms. The number of Topliss-reactive ketones (excluding diaryl/α,β-unsaturated/α-hetero) is 1. The quantitative estimate of drug-likeness (QED) is 0.0883. The largest absolute Gasteiger partial charge is 0.476 e. The van der Waals surface area contributed by atoms with Gasteiger partial charge < -0.3 is 58.5 Å². The molecule has 0 bridgehead atoms. The van der Waals surface area contributed by atoms with Crippen LogP contribution in [0.2, 0.25) is 0 Å². The predicted molar refractivity (Wildman–Crippen MR) is 402 cm³/mol. The number of pyridine rings is 3. The Morgan fingerprint density at radius 3 is 1.64 bits per heavy atom. The van der Waals surface area contributed by atoms with E-state index >= 15 is 0 Å². The van der Waals surface area contributed by atoms with Crippen LogP contribution in [0.4, 0.5) is 28.7 Å². The maximum absolute atomic E-state index is 11.5. The first-order valence-corrected chi connectivity index (χ1v) is 34.2. The molecule has 0 radical (unpaired) electrons. The Morgan fingerprint density at radius 1 is 0.505 bits per heavy atom. The lowest BCUT2D eigenvalue weighted by Gasteiger charge is -2.11. The zero-order valence-corrected chi connectivity index (χ0v) is 61.0. The predicted octanol–water partition coefficient (Wildman–Crippen LogP) is 14.4. The van der Waals surface area contributed by atoms with E-state index in [0.29, 0.717) is 95.2 Å². The SMILES string of the molecule is CC(C)n1ccc2c(N)ccnc21.CC(C)n1cnc2c(N)ccnc21.CC(C)n1cnc2c(NCc3ccccc3)ccnc21.CC(C)n1cnc2c1N=CCC2.CC(C)n1cnc2c1N=CCC2=O.CCOc1nc(C)nc2c1ncn2C(C)C.Cc1nc2c(ncn2C(C)C)c(=O)[nH]1. The molecule has 0 saturated heterocycles. The van der Waals surface area contributed by atoms with Crippen molar-refractivity contribution in [3.63, 3.8) is 0 Å². The monoisotopic (exact) mass is 1370 g/mol. The summed E-state index contributed by atoms with van der Waals surface area (Å²) in [5.41, 5.74) is 23.9. The number of carbonyl (C=O) groups excluding carboxylic acids is 1. The lowest BCUT2D eigenvalue weighted by atomic mass is 10.2. The Kier molecular flexibility index (Phi) is 24.5. The molecule has 530 valence electrons. The van der Waals surface area contributed by atoms with Crippen LogP contribution in [0.25, 0.3) is 55.7 Å². The van der Waals surface area contributed by atoms with Gasteiger partial charge in [0.05, 0.1) is 61.6 Å². The van der Waals surface area contributed by atoms with Crippen LogP contribution in [-0.2, 0) is 13.0 Å². The number of benzene rings is 1. The summed E-state index contributed by atoms with van der Waals surface area (Å²) >= 11 is 0. The van der Waals surface area contributed by atoms with Crippen molar-refractivity contribution in [2.45, 2.75) is 186 Å². The summed E-state index contributed by atoms with van der Waals surface area (Å²) in [4.78, 5) is 85.3. The van der Waals surface area contributed by atoms with Gasteiger partial charge in [-0.15, -0.1) is 0 Å². The summed E-state index contributed by atoms with van der Waals surface area (Å²) in [6, 6.07) is 20.4. The number of aromatic nitrogens is 20. The highest BCUT2D eigenvalue weighted by Crippen LogP contribution is 2.29. The second kappa shape index (κ2) is 33.5. The summed E-state index contributed by atoms with van der Waals surface area (Å²) in [6.45, 7) is 36.2. The average molecular weight is 1370 g/mol. The van der Waals surface area contributed by atoms with Gasteiger partial charge in [-0.25, -0.2) is 64.8 Å². The Labute approximate surface area is 587 Å². The molecule has 0 aliphatic carbocycles. The number of carbonyl (C=O) groups is 1. The third kappa shape index (κ3) is 17.6. The van der Waals surface area contributed by atoms with Crippen molar-refractivity contribution in [1.82, 2.24) is 96.8 Å². The molecule has 14 heterocycles. The fourth-order valence-corrected chi connectivity index (χ4v) is 10.9. The van der Waals surface area contributed by atoms with E-state index in [2.05, 4.69) is 175 Å². The van der Waals surface area contributed by atoms with E-state index < -0.39 is 0 Å². The number of aryl methyl sites for hydroxylation is 3. The van der Waals surface area contributed by atoms with E-state index in [4.69, 9.17) is 16.2 Å². The van der Waals surface area contributed by atoms with E-state index in [9.17, 15) is 9.59 Å². The molecule has 101 heavy (non-hydrogen) atoms. The van der Waals surface area contributed by atoms with E-state index in [1.54, 1.807) is 56.9 Å². The number of nitrogens with zero attached hydrogens (tertiary/aromatic N) is 21. The van der Waals surface area contributed by atoms with Gasteiger partial charge in [0.25, 0.3) is 5.56 Å². The molecule has 28 nitrogen and oxygen atoms in total. The summed E-state index contributed by atoms with van der Waals surface area (Å²) in [7, 11) is 0. The summed E-state index contributed by atoms with van der Waals surface area (Å²) in [6.07, 6.45) is 24.0. The van der Waals surface area contributed by atoms with Crippen LogP contribution in [0.5, 0.6) is 5.88 Å². The van der Waals surface area contributed by atoms with Crippen LogP contribution in [0.1, 0.15) is 192 Å². The van der Waals surface area contributed by atoms with Crippen LogP contribution in [-0.4, -0.2) is 122 Å². The highest BCUT2D eigenvalue weighted by Gasteiger charge is 2.22. The van der Waals surface area contributed by atoms with Gasteiger partial charge in [-0.05, 0) is 160 Å². The molecular formula is C73H95N25O3. The van der Waals surface area contributed by atoms with Gasteiger partial charge in [0, 0.05) is 104 Å². The molecule has 2 aliphatic heterocycles. The van der Waals surface area contributed by atoms with Crippen molar-refractivity contribution in [3.8, 4) is 5.88 Å². The topological polar surface area (TPSA) is 337 Å². The Balaban J connectivity index is 0.000000138. The zero-order chi connectivity index (χ0) is 72.8. The fraction of sp³-hybridized carbons (Fsp3) is 0.397. The number of ketones is 1. The van der Waals surface area contributed by atoms with Gasteiger partial charge in [-0.2, -0.15) is 4.98 Å². The van der Waals surface area contributed by atoms with Crippen molar-refractivity contribution >= 4 is 103 Å². The van der Waals surface area contributed by atoms with Crippen molar-refractivity contribution in [2.24, 2.45) is 9.98 Å². The van der Waals surface area contributed by atoms with Gasteiger partial charge in [0.2, 0.25) is 5.88 Å². The molecule has 13 aromatic rings. The number of nitrogen functional groups attached to an aromatic ring is 2. The molecule has 12 aromatic heterocycles. The number of fused-ring (bicyclic) bond motifs is 7.